The first-order valence-corrected chi connectivity index (χ1v) is 6.04. The number of halogens is 1. The van der Waals surface area contributed by atoms with Gasteiger partial charge in [0, 0.05) is 17.5 Å². The van der Waals surface area contributed by atoms with E-state index in [1.807, 2.05) is 31.2 Å². The van der Waals surface area contributed by atoms with Gasteiger partial charge in [-0.1, -0.05) is 36.7 Å². The molecule has 3 heteroatoms. The van der Waals surface area contributed by atoms with E-state index in [0.29, 0.717) is 12.8 Å². The molecule has 0 fully saturated rings. The minimum Gasteiger partial charge on any atom is -0.354 e. The fourth-order valence-corrected chi connectivity index (χ4v) is 1.63. The highest BCUT2D eigenvalue weighted by atomic mass is 35.5. The first-order valence-electron chi connectivity index (χ1n) is 5.66. The average Bonchev–Trinajstić information content (AvgIpc) is 2.28. The Labute approximate surface area is 102 Å². The second-order valence-electron chi connectivity index (χ2n) is 3.97. The van der Waals surface area contributed by atoms with Crippen LogP contribution in [0, 0.1) is 0 Å². The van der Waals surface area contributed by atoms with Crippen LogP contribution in [0.15, 0.2) is 24.3 Å². The van der Waals surface area contributed by atoms with Gasteiger partial charge in [0.1, 0.15) is 0 Å². The molecule has 0 spiro atoms. The Hall–Kier alpha value is -1.02. The number of nitrogens with one attached hydrogen (secondary N) is 1. The first kappa shape index (κ1) is 13.0. The molecule has 1 aromatic rings. The zero-order valence-electron chi connectivity index (χ0n) is 9.79. The predicted molar refractivity (Wildman–Crippen MR) is 67.7 cm³/mol. The normalized spacial score (nSPS) is 12.2. The highest BCUT2D eigenvalue weighted by molar-refractivity contribution is 6.31. The summed E-state index contributed by atoms with van der Waals surface area (Å²) in [6.45, 7) is 4.06. The molecule has 1 atom stereocenters. The standard InChI is InChI=1S/C13H18ClNO/c1-3-10(2)15-13(16)9-8-11-6-4-5-7-12(11)14/h4-7,10H,3,8-9H2,1-2H3,(H,15,16)/t10-/m0/s1. The van der Waals surface area contributed by atoms with Crippen LogP contribution >= 0.6 is 11.6 Å². The zero-order valence-corrected chi connectivity index (χ0v) is 10.6. The molecule has 0 saturated heterocycles. The molecule has 16 heavy (non-hydrogen) atoms. The molecular weight excluding hydrogens is 222 g/mol. The van der Waals surface area contributed by atoms with Gasteiger partial charge in [-0.25, -0.2) is 0 Å². The highest BCUT2D eigenvalue weighted by Gasteiger charge is 2.06. The van der Waals surface area contributed by atoms with Gasteiger partial charge in [0.25, 0.3) is 0 Å². The number of hydrogen-bond donors (Lipinski definition) is 1. The smallest absolute Gasteiger partial charge is 0.220 e. The maximum absolute atomic E-state index is 11.5. The Bertz CT molecular complexity index is 352. The largest absolute Gasteiger partial charge is 0.354 e. The molecule has 0 aromatic heterocycles. The lowest BCUT2D eigenvalue weighted by Crippen LogP contribution is -2.32. The van der Waals surface area contributed by atoms with E-state index in [0.717, 1.165) is 17.0 Å². The molecule has 0 radical (unpaired) electrons. The van der Waals surface area contributed by atoms with Crippen LogP contribution in [0.5, 0.6) is 0 Å². The van der Waals surface area contributed by atoms with Crippen molar-refractivity contribution in [3.05, 3.63) is 34.9 Å². The summed E-state index contributed by atoms with van der Waals surface area (Å²) in [6, 6.07) is 7.89. The van der Waals surface area contributed by atoms with Gasteiger partial charge in [-0.05, 0) is 31.4 Å². The van der Waals surface area contributed by atoms with E-state index in [-0.39, 0.29) is 11.9 Å². The lowest BCUT2D eigenvalue weighted by Gasteiger charge is -2.11. The van der Waals surface area contributed by atoms with Gasteiger partial charge in [-0.3, -0.25) is 4.79 Å². The number of aryl methyl sites for hydroxylation is 1. The zero-order chi connectivity index (χ0) is 12.0. The number of carbonyl (C=O) groups excluding carboxylic acids is 1. The number of rotatable bonds is 5. The SMILES string of the molecule is CC[C@H](C)NC(=O)CCc1ccccc1Cl. The molecule has 0 heterocycles. The highest BCUT2D eigenvalue weighted by Crippen LogP contribution is 2.16. The van der Waals surface area contributed by atoms with Crippen LogP contribution in [0.2, 0.25) is 5.02 Å². The van der Waals surface area contributed by atoms with Crippen LogP contribution in [0.25, 0.3) is 0 Å². The first-order chi connectivity index (χ1) is 7.63. The topological polar surface area (TPSA) is 29.1 Å². The molecule has 1 amide bonds. The summed E-state index contributed by atoms with van der Waals surface area (Å²) < 4.78 is 0. The van der Waals surface area contributed by atoms with Crippen molar-refractivity contribution < 1.29 is 4.79 Å². The van der Waals surface area contributed by atoms with Crippen LogP contribution < -0.4 is 5.32 Å². The van der Waals surface area contributed by atoms with Crippen molar-refractivity contribution in [1.82, 2.24) is 5.32 Å². The Morgan fingerprint density at radius 3 is 2.75 bits per heavy atom. The van der Waals surface area contributed by atoms with Crippen molar-refractivity contribution in [2.24, 2.45) is 0 Å². The Morgan fingerprint density at radius 2 is 2.12 bits per heavy atom. The molecule has 1 rings (SSSR count). The van der Waals surface area contributed by atoms with Crippen LogP contribution in [0.3, 0.4) is 0 Å². The van der Waals surface area contributed by atoms with E-state index in [2.05, 4.69) is 12.2 Å². The number of hydrogen-bond acceptors (Lipinski definition) is 1. The summed E-state index contributed by atoms with van der Waals surface area (Å²) in [4.78, 5) is 11.5. The van der Waals surface area contributed by atoms with Crippen LogP contribution in [0.4, 0.5) is 0 Å². The second kappa shape index (κ2) is 6.54. The van der Waals surface area contributed by atoms with Crippen molar-refractivity contribution >= 4 is 17.5 Å². The molecule has 0 bridgehead atoms. The fourth-order valence-electron chi connectivity index (χ4n) is 1.40. The third kappa shape index (κ3) is 4.23. The van der Waals surface area contributed by atoms with Crippen molar-refractivity contribution in [3.63, 3.8) is 0 Å². The van der Waals surface area contributed by atoms with Crippen LogP contribution in [-0.4, -0.2) is 11.9 Å². The molecule has 0 unspecified atom stereocenters. The summed E-state index contributed by atoms with van der Waals surface area (Å²) >= 11 is 6.01. The van der Waals surface area contributed by atoms with Crippen molar-refractivity contribution in [1.29, 1.82) is 0 Å². The van der Waals surface area contributed by atoms with E-state index >= 15 is 0 Å². The molecular formula is C13H18ClNO. The van der Waals surface area contributed by atoms with Crippen LogP contribution in [-0.2, 0) is 11.2 Å². The van der Waals surface area contributed by atoms with Gasteiger partial charge < -0.3 is 5.32 Å². The van der Waals surface area contributed by atoms with Crippen molar-refractivity contribution in [3.8, 4) is 0 Å². The number of carbonyl (C=O) groups is 1. The van der Waals surface area contributed by atoms with E-state index in [1.54, 1.807) is 0 Å². The maximum atomic E-state index is 11.5. The van der Waals surface area contributed by atoms with Gasteiger partial charge in [0.2, 0.25) is 5.91 Å². The van der Waals surface area contributed by atoms with Gasteiger partial charge in [0.05, 0.1) is 0 Å². The van der Waals surface area contributed by atoms with E-state index in [4.69, 9.17) is 11.6 Å². The molecule has 2 nitrogen and oxygen atoms in total. The molecule has 0 aliphatic heterocycles. The second-order valence-corrected chi connectivity index (χ2v) is 4.38. The predicted octanol–water partition coefficient (Wildman–Crippen LogP) is 3.19. The van der Waals surface area contributed by atoms with Gasteiger partial charge in [0.15, 0.2) is 0 Å². The van der Waals surface area contributed by atoms with Crippen molar-refractivity contribution in [2.45, 2.75) is 39.2 Å². The lowest BCUT2D eigenvalue weighted by molar-refractivity contribution is -0.121. The van der Waals surface area contributed by atoms with Crippen molar-refractivity contribution in [2.75, 3.05) is 0 Å². The third-order valence-electron chi connectivity index (χ3n) is 2.60. The number of benzene rings is 1. The molecule has 1 N–H and O–H groups in total. The average molecular weight is 240 g/mol. The Kier molecular flexibility index (Phi) is 5.33. The van der Waals surface area contributed by atoms with Crippen LogP contribution in [0.1, 0.15) is 32.3 Å². The summed E-state index contributed by atoms with van der Waals surface area (Å²) in [5.74, 6) is 0.0919. The Morgan fingerprint density at radius 1 is 1.44 bits per heavy atom. The Balaban J connectivity index is 2.40. The summed E-state index contributed by atoms with van der Waals surface area (Å²) in [5, 5.41) is 3.67. The fraction of sp³-hybridized carbons (Fsp3) is 0.462. The summed E-state index contributed by atoms with van der Waals surface area (Å²) in [5.41, 5.74) is 1.03. The molecule has 0 saturated carbocycles. The quantitative estimate of drug-likeness (QED) is 0.840. The molecule has 0 aliphatic rings. The van der Waals surface area contributed by atoms with E-state index < -0.39 is 0 Å². The molecule has 1 aromatic carbocycles. The maximum Gasteiger partial charge on any atom is 0.220 e. The third-order valence-corrected chi connectivity index (χ3v) is 2.97. The monoisotopic (exact) mass is 239 g/mol. The molecule has 88 valence electrons. The minimum absolute atomic E-state index is 0.0919. The van der Waals surface area contributed by atoms with E-state index in [9.17, 15) is 4.79 Å². The summed E-state index contributed by atoms with van der Waals surface area (Å²) in [6.07, 6.45) is 2.15. The summed E-state index contributed by atoms with van der Waals surface area (Å²) in [7, 11) is 0. The van der Waals surface area contributed by atoms with E-state index in [1.165, 1.54) is 0 Å². The number of amides is 1. The minimum atomic E-state index is 0.0919. The van der Waals surface area contributed by atoms with Gasteiger partial charge in [-0.2, -0.15) is 0 Å². The van der Waals surface area contributed by atoms with Gasteiger partial charge >= 0.3 is 0 Å². The van der Waals surface area contributed by atoms with Gasteiger partial charge in [-0.15, -0.1) is 0 Å². The lowest BCUT2D eigenvalue weighted by atomic mass is 10.1. The molecule has 0 aliphatic carbocycles.